The maximum atomic E-state index is 12.5. The van der Waals surface area contributed by atoms with Crippen LogP contribution in [-0.4, -0.2) is 0 Å². The smallest absolute Gasteiger partial charge is 0.166 e. The summed E-state index contributed by atoms with van der Waals surface area (Å²) in [6.45, 7) is 2.13. The molecule has 2 aromatic carbocycles. The summed E-state index contributed by atoms with van der Waals surface area (Å²) in [7, 11) is 0. The van der Waals surface area contributed by atoms with Crippen LogP contribution in [0.5, 0.6) is 0 Å². The van der Waals surface area contributed by atoms with Gasteiger partial charge in [-0.15, -0.1) is 0 Å². The first kappa shape index (κ1) is 16.9. The summed E-state index contributed by atoms with van der Waals surface area (Å²) in [5.74, 6) is 5.83. The van der Waals surface area contributed by atoms with Gasteiger partial charge < -0.3 is 0 Å². The van der Waals surface area contributed by atoms with Crippen LogP contribution in [0.25, 0.3) is 6.08 Å². The van der Waals surface area contributed by atoms with Gasteiger partial charge in [0.05, 0.1) is 5.56 Å². The molecule has 3 heteroatoms. The first-order chi connectivity index (χ1) is 11.0. The molecule has 0 aliphatic heterocycles. The maximum absolute atomic E-state index is 12.5. The predicted octanol–water partition coefficient (Wildman–Crippen LogP) is 5.92. The lowest BCUT2D eigenvalue weighted by molar-refractivity contribution is -0.137. The van der Waals surface area contributed by atoms with Crippen LogP contribution in [0.3, 0.4) is 0 Å². The Labute approximate surface area is 134 Å². The maximum Gasteiger partial charge on any atom is 0.416 e. The Hall–Kier alpha value is -2.47. The monoisotopic (exact) mass is 314 g/mol. The Balaban J connectivity index is 2.07. The second kappa shape index (κ2) is 7.69. The van der Waals surface area contributed by atoms with Crippen molar-refractivity contribution >= 4 is 6.08 Å². The molecule has 0 aliphatic carbocycles. The molecular formula is C20H17F3. The average Bonchev–Trinajstić information content (AvgIpc) is 2.54. The summed E-state index contributed by atoms with van der Waals surface area (Å²) in [6, 6.07) is 12.6. The average molecular weight is 314 g/mol. The number of unbranched alkanes of at least 4 members (excludes halogenated alkanes) is 1. The van der Waals surface area contributed by atoms with Crippen molar-refractivity contribution in [2.75, 3.05) is 0 Å². The molecule has 0 atom stereocenters. The quantitative estimate of drug-likeness (QED) is 0.617. The van der Waals surface area contributed by atoms with Crippen LogP contribution < -0.4 is 0 Å². The minimum Gasteiger partial charge on any atom is -0.166 e. The van der Waals surface area contributed by atoms with Crippen molar-refractivity contribution in [3.05, 3.63) is 76.9 Å². The minimum absolute atomic E-state index is 0.560. The number of allylic oxidation sites excluding steroid dienone is 1. The Morgan fingerprint density at radius 2 is 1.39 bits per heavy atom. The number of halogens is 3. The molecule has 0 bridgehead atoms. The van der Waals surface area contributed by atoms with E-state index in [-0.39, 0.29) is 0 Å². The van der Waals surface area contributed by atoms with E-state index in [0.29, 0.717) is 5.56 Å². The molecule has 0 saturated carbocycles. The lowest BCUT2D eigenvalue weighted by atomic mass is 10.1. The van der Waals surface area contributed by atoms with Crippen molar-refractivity contribution in [3.63, 3.8) is 0 Å². The zero-order valence-electron chi connectivity index (χ0n) is 12.8. The topological polar surface area (TPSA) is 0 Å². The number of rotatable bonds is 3. The van der Waals surface area contributed by atoms with Gasteiger partial charge in [-0.05, 0) is 48.4 Å². The van der Waals surface area contributed by atoms with Crippen LogP contribution in [0.1, 0.15) is 42.0 Å². The van der Waals surface area contributed by atoms with Crippen molar-refractivity contribution in [3.8, 4) is 11.8 Å². The highest BCUT2D eigenvalue weighted by Crippen LogP contribution is 2.28. The second-order valence-corrected chi connectivity index (χ2v) is 5.14. The predicted molar refractivity (Wildman–Crippen MR) is 87.8 cm³/mol. The number of alkyl halides is 3. The normalized spacial score (nSPS) is 11.3. The van der Waals surface area contributed by atoms with E-state index in [2.05, 4.69) is 30.9 Å². The van der Waals surface area contributed by atoms with E-state index < -0.39 is 11.7 Å². The first-order valence-electron chi connectivity index (χ1n) is 7.45. The van der Waals surface area contributed by atoms with Crippen LogP contribution in [-0.2, 0) is 6.18 Å². The van der Waals surface area contributed by atoms with Gasteiger partial charge in [0.1, 0.15) is 0 Å². The highest BCUT2D eigenvalue weighted by Gasteiger charge is 2.29. The zero-order valence-corrected chi connectivity index (χ0v) is 12.8. The molecular weight excluding hydrogens is 297 g/mol. The number of hydrogen-bond donors (Lipinski definition) is 0. The minimum atomic E-state index is -4.31. The molecule has 0 heterocycles. The highest BCUT2D eigenvalue weighted by molar-refractivity contribution is 5.52. The summed E-state index contributed by atoms with van der Waals surface area (Å²) >= 11 is 0. The lowest BCUT2D eigenvalue weighted by Crippen LogP contribution is -2.04. The van der Waals surface area contributed by atoms with Crippen molar-refractivity contribution in [1.29, 1.82) is 0 Å². The van der Waals surface area contributed by atoms with Crippen LogP contribution in [0.2, 0.25) is 0 Å². The van der Waals surface area contributed by atoms with Gasteiger partial charge in [-0.25, -0.2) is 0 Å². The van der Waals surface area contributed by atoms with E-state index in [1.807, 2.05) is 24.3 Å². The molecule has 0 aliphatic rings. The summed E-state index contributed by atoms with van der Waals surface area (Å²) in [4.78, 5) is 0. The molecule has 118 valence electrons. The Kier molecular flexibility index (Phi) is 5.65. The third-order valence-electron chi connectivity index (χ3n) is 3.24. The van der Waals surface area contributed by atoms with Gasteiger partial charge in [-0.1, -0.05) is 49.5 Å². The van der Waals surface area contributed by atoms with Crippen molar-refractivity contribution in [1.82, 2.24) is 0 Å². The van der Waals surface area contributed by atoms with Crippen molar-refractivity contribution in [2.24, 2.45) is 0 Å². The molecule has 2 rings (SSSR count). The molecule has 0 radical (unpaired) electrons. The Morgan fingerprint density at radius 1 is 0.870 bits per heavy atom. The van der Waals surface area contributed by atoms with Crippen LogP contribution in [0, 0.1) is 11.8 Å². The van der Waals surface area contributed by atoms with E-state index in [1.165, 1.54) is 12.1 Å². The van der Waals surface area contributed by atoms with E-state index in [4.69, 9.17) is 0 Å². The molecule has 0 amide bonds. The summed E-state index contributed by atoms with van der Waals surface area (Å²) < 4.78 is 37.4. The van der Waals surface area contributed by atoms with Crippen LogP contribution >= 0.6 is 0 Å². The molecule has 0 unspecified atom stereocenters. The molecule has 2 aromatic rings. The van der Waals surface area contributed by atoms with Gasteiger partial charge in [0.25, 0.3) is 0 Å². The molecule has 23 heavy (non-hydrogen) atoms. The summed E-state index contributed by atoms with van der Waals surface area (Å²) in [5, 5.41) is 0. The molecule has 0 nitrogen and oxygen atoms in total. The van der Waals surface area contributed by atoms with Crippen LogP contribution in [0.15, 0.2) is 54.6 Å². The third-order valence-corrected chi connectivity index (χ3v) is 3.24. The van der Waals surface area contributed by atoms with Gasteiger partial charge in [-0.2, -0.15) is 13.2 Å². The van der Waals surface area contributed by atoms with Gasteiger partial charge in [0.15, 0.2) is 0 Å². The van der Waals surface area contributed by atoms with Gasteiger partial charge in [-0.3, -0.25) is 0 Å². The van der Waals surface area contributed by atoms with E-state index in [1.54, 1.807) is 0 Å². The van der Waals surface area contributed by atoms with Crippen molar-refractivity contribution in [2.45, 2.75) is 25.9 Å². The Morgan fingerprint density at radius 3 is 1.87 bits per heavy atom. The van der Waals surface area contributed by atoms with E-state index >= 15 is 0 Å². The Bertz CT molecular complexity index is 709. The molecule has 0 aromatic heterocycles. The van der Waals surface area contributed by atoms with Crippen LogP contribution in [0.4, 0.5) is 13.2 Å². The standard InChI is InChI=1S/C20H17F3/c1-2-3-4-5-16-6-8-17(9-7-16)10-11-18-12-14-19(15-13-18)20(21,22)23/h4-9,12-15H,2-3H2,1H3/b5-4+. The van der Waals surface area contributed by atoms with Gasteiger partial charge in [0, 0.05) is 11.1 Å². The van der Waals surface area contributed by atoms with E-state index in [9.17, 15) is 13.2 Å². The molecule has 0 N–H and O–H groups in total. The van der Waals surface area contributed by atoms with Gasteiger partial charge in [0.2, 0.25) is 0 Å². The zero-order chi connectivity index (χ0) is 16.7. The van der Waals surface area contributed by atoms with Gasteiger partial charge >= 0.3 is 6.18 Å². The first-order valence-corrected chi connectivity index (χ1v) is 7.45. The summed E-state index contributed by atoms with van der Waals surface area (Å²) in [6.07, 6.45) is 2.05. The summed E-state index contributed by atoms with van der Waals surface area (Å²) in [5.41, 5.74) is 1.84. The highest BCUT2D eigenvalue weighted by atomic mass is 19.4. The fourth-order valence-electron chi connectivity index (χ4n) is 1.95. The molecule has 0 spiro atoms. The number of benzene rings is 2. The SMILES string of the molecule is CCC/C=C/c1ccc(C#Cc2ccc(C(F)(F)F)cc2)cc1. The third kappa shape index (κ3) is 5.34. The fourth-order valence-corrected chi connectivity index (χ4v) is 1.95. The second-order valence-electron chi connectivity index (χ2n) is 5.14. The largest absolute Gasteiger partial charge is 0.416 e. The molecule has 0 saturated heterocycles. The number of hydrogen-bond acceptors (Lipinski definition) is 0. The molecule has 0 fully saturated rings. The fraction of sp³-hybridized carbons (Fsp3) is 0.200. The van der Waals surface area contributed by atoms with Crippen molar-refractivity contribution < 1.29 is 13.2 Å². The van der Waals surface area contributed by atoms with E-state index in [0.717, 1.165) is 36.1 Å². The lowest BCUT2D eigenvalue weighted by Gasteiger charge is -2.05.